The number of carboxylic acids is 1. The summed E-state index contributed by atoms with van der Waals surface area (Å²) in [6.45, 7) is 11.3. The van der Waals surface area contributed by atoms with Crippen molar-refractivity contribution in [3.8, 4) is 0 Å². The Bertz CT molecular complexity index is 320. The standard InChI is InChI=1S/C15H29NO4/c1-7-8-11(12(14(18)19)9-10(2)3)13(17)16-20-15(4,5)6/h10-12H,7-9H2,1-6H3,(H,16,17)(H,18,19). The third kappa shape index (κ3) is 7.48. The van der Waals surface area contributed by atoms with Crippen molar-refractivity contribution in [3.05, 3.63) is 0 Å². The molecule has 0 heterocycles. The van der Waals surface area contributed by atoms with Gasteiger partial charge < -0.3 is 5.11 Å². The summed E-state index contributed by atoms with van der Waals surface area (Å²) in [7, 11) is 0. The topological polar surface area (TPSA) is 75.6 Å². The Morgan fingerprint density at radius 1 is 1.20 bits per heavy atom. The number of hydrogen-bond acceptors (Lipinski definition) is 3. The molecular weight excluding hydrogens is 258 g/mol. The second-order valence-corrected chi connectivity index (χ2v) is 6.65. The minimum atomic E-state index is -0.914. The van der Waals surface area contributed by atoms with E-state index in [-0.39, 0.29) is 11.8 Å². The van der Waals surface area contributed by atoms with Gasteiger partial charge in [0.05, 0.1) is 17.4 Å². The fraction of sp³-hybridized carbons (Fsp3) is 0.867. The molecule has 0 aliphatic heterocycles. The van der Waals surface area contributed by atoms with Gasteiger partial charge in [-0.2, -0.15) is 0 Å². The zero-order valence-electron chi connectivity index (χ0n) is 13.5. The van der Waals surface area contributed by atoms with Crippen LogP contribution in [0.15, 0.2) is 0 Å². The maximum atomic E-state index is 12.2. The van der Waals surface area contributed by atoms with Gasteiger partial charge in [-0.1, -0.05) is 27.2 Å². The van der Waals surface area contributed by atoms with Crippen LogP contribution in [0.5, 0.6) is 0 Å². The lowest BCUT2D eigenvalue weighted by Gasteiger charge is -2.26. The van der Waals surface area contributed by atoms with E-state index in [9.17, 15) is 14.7 Å². The van der Waals surface area contributed by atoms with Crippen LogP contribution >= 0.6 is 0 Å². The number of carbonyl (C=O) groups is 2. The van der Waals surface area contributed by atoms with E-state index in [1.54, 1.807) is 0 Å². The molecule has 0 aliphatic rings. The van der Waals surface area contributed by atoms with Crippen molar-refractivity contribution < 1.29 is 19.5 Å². The van der Waals surface area contributed by atoms with Gasteiger partial charge in [0.15, 0.2) is 0 Å². The van der Waals surface area contributed by atoms with Crippen LogP contribution in [0.2, 0.25) is 0 Å². The van der Waals surface area contributed by atoms with Gasteiger partial charge in [-0.25, -0.2) is 5.48 Å². The van der Waals surface area contributed by atoms with Gasteiger partial charge in [-0.3, -0.25) is 14.4 Å². The van der Waals surface area contributed by atoms with E-state index in [1.807, 2.05) is 41.5 Å². The maximum Gasteiger partial charge on any atom is 0.307 e. The van der Waals surface area contributed by atoms with Crippen molar-refractivity contribution in [3.63, 3.8) is 0 Å². The van der Waals surface area contributed by atoms with E-state index in [1.165, 1.54) is 0 Å². The number of carboxylic acid groups (broad SMARTS) is 1. The Hall–Kier alpha value is -1.10. The van der Waals surface area contributed by atoms with E-state index < -0.39 is 23.4 Å². The van der Waals surface area contributed by atoms with Gasteiger partial charge >= 0.3 is 5.97 Å². The minimum absolute atomic E-state index is 0.229. The number of hydrogen-bond donors (Lipinski definition) is 2. The second-order valence-electron chi connectivity index (χ2n) is 6.65. The summed E-state index contributed by atoms with van der Waals surface area (Å²) in [6, 6.07) is 0. The molecule has 0 saturated heterocycles. The molecule has 5 nitrogen and oxygen atoms in total. The van der Waals surface area contributed by atoms with E-state index >= 15 is 0 Å². The normalized spacial score (nSPS) is 14.9. The summed E-state index contributed by atoms with van der Waals surface area (Å²) in [5, 5.41) is 9.38. The maximum absolute atomic E-state index is 12.2. The molecule has 0 spiro atoms. The fourth-order valence-electron chi connectivity index (χ4n) is 2.05. The molecule has 0 aromatic heterocycles. The molecule has 0 fully saturated rings. The first-order valence-corrected chi connectivity index (χ1v) is 7.29. The molecule has 0 saturated carbocycles. The number of nitrogens with one attached hydrogen (secondary N) is 1. The molecule has 0 aliphatic carbocycles. The lowest BCUT2D eigenvalue weighted by atomic mass is 9.82. The molecule has 0 radical (unpaired) electrons. The minimum Gasteiger partial charge on any atom is -0.481 e. The number of hydroxylamine groups is 1. The van der Waals surface area contributed by atoms with Crippen molar-refractivity contribution in [2.75, 3.05) is 0 Å². The Morgan fingerprint density at radius 2 is 1.75 bits per heavy atom. The third-order valence-electron chi connectivity index (χ3n) is 2.92. The van der Waals surface area contributed by atoms with Gasteiger partial charge in [0.25, 0.3) is 0 Å². The third-order valence-corrected chi connectivity index (χ3v) is 2.92. The average Bonchev–Trinajstić information content (AvgIpc) is 2.29. The van der Waals surface area contributed by atoms with Crippen molar-refractivity contribution in [1.82, 2.24) is 5.48 Å². The summed E-state index contributed by atoms with van der Waals surface area (Å²) in [4.78, 5) is 28.9. The highest BCUT2D eigenvalue weighted by molar-refractivity contribution is 5.84. The van der Waals surface area contributed by atoms with Crippen LogP contribution in [-0.4, -0.2) is 22.6 Å². The first-order valence-electron chi connectivity index (χ1n) is 7.29. The SMILES string of the molecule is CCCC(C(=O)NOC(C)(C)C)C(CC(C)C)C(=O)O. The molecule has 0 aromatic carbocycles. The molecule has 20 heavy (non-hydrogen) atoms. The van der Waals surface area contributed by atoms with Gasteiger partial charge in [0, 0.05) is 0 Å². The van der Waals surface area contributed by atoms with Crippen molar-refractivity contribution in [1.29, 1.82) is 0 Å². The zero-order chi connectivity index (χ0) is 15.9. The van der Waals surface area contributed by atoms with Crippen LogP contribution in [0.3, 0.4) is 0 Å². The van der Waals surface area contributed by atoms with Crippen molar-refractivity contribution in [2.45, 2.75) is 66.4 Å². The smallest absolute Gasteiger partial charge is 0.307 e. The first-order chi connectivity index (χ1) is 9.08. The number of aliphatic carboxylic acids is 1. The van der Waals surface area contributed by atoms with Crippen molar-refractivity contribution >= 4 is 11.9 Å². The van der Waals surface area contributed by atoms with Crippen LogP contribution in [-0.2, 0) is 14.4 Å². The molecule has 5 heteroatoms. The number of rotatable bonds is 8. The van der Waals surface area contributed by atoms with Crippen LogP contribution < -0.4 is 5.48 Å². The largest absolute Gasteiger partial charge is 0.481 e. The summed E-state index contributed by atoms with van der Waals surface area (Å²) in [6.07, 6.45) is 1.79. The zero-order valence-corrected chi connectivity index (χ0v) is 13.5. The van der Waals surface area contributed by atoms with E-state index in [4.69, 9.17) is 4.84 Å². The molecule has 118 valence electrons. The lowest BCUT2D eigenvalue weighted by Crippen LogP contribution is -2.41. The average molecular weight is 287 g/mol. The summed E-state index contributed by atoms with van der Waals surface area (Å²) >= 11 is 0. The predicted octanol–water partition coefficient (Wildman–Crippen LogP) is 3.00. The Morgan fingerprint density at radius 3 is 2.10 bits per heavy atom. The molecule has 2 unspecified atom stereocenters. The number of carbonyl (C=O) groups excluding carboxylic acids is 1. The van der Waals surface area contributed by atoms with E-state index in [0.717, 1.165) is 6.42 Å². The lowest BCUT2D eigenvalue weighted by molar-refractivity contribution is -0.158. The summed E-state index contributed by atoms with van der Waals surface area (Å²) in [5.74, 6) is -2.24. The Labute approximate surface area is 122 Å². The first kappa shape index (κ1) is 18.9. The van der Waals surface area contributed by atoms with Crippen LogP contribution in [0.1, 0.15) is 60.8 Å². The monoisotopic (exact) mass is 287 g/mol. The Balaban J connectivity index is 4.89. The highest BCUT2D eigenvalue weighted by atomic mass is 16.7. The van der Waals surface area contributed by atoms with E-state index in [0.29, 0.717) is 12.8 Å². The molecule has 1 amide bonds. The van der Waals surface area contributed by atoms with Crippen LogP contribution in [0, 0.1) is 17.8 Å². The molecule has 2 N–H and O–H groups in total. The predicted molar refractivity (Wildman–Crippen MR) is 78.0 cm³/mol. The van der Waals surface area contributed by atoms with Crippen molar-refractivity contribution in [2.24, 2.45) is 17.8 Å². The number of amides is 1. The van der Waals surface area contributed by atoms with Crippen LogP contribution in [0.25, 0.3) is 0 Å². The summed E-state index contributed by atoms with van der Waals surface area (Å²) < 4.78 is 0. The molecular formula is C15H29NO4. The quantitative estimate of drug-likeness (QED) is 0.673. The molecule has 0 aromatic rings. The highest BCUT2D eigenvalue weighted by Crippen LogP contribution is 2.25. The molecule has 0 rings (SSSR count). The molecule has 2 atom stereocenters. The van der Waals surface area contributed by atoms with Gasteiger partial charge in [-0.15, -0.1) is 0 Å². The summed E-state index contributed by atoms with van der Waals surface area (Å²) in [5.41, 5.74) is 1.92. The highest BCUT2D eigenvalue weighted by Gasteiger charge is 2.34. The second kappa shape index (κ2) is 8.25. The van der Waals surface area contributed by atoms with Gasteiger partial charge in [0.1, 0.15) is 0 Å². The Kier molecular flexibility index (Phi) is 7.79. The van der Waals surface area contributed by atoms with Crippen LogP contribution in [0.4, 0.5) is 0 Å². The van der Waals surface area contributed by atoms with E-state index in [2.05, 4.69) is 5.48 Å². The molecule has 0 bridgehead atoms. The van der Waals surface area contributed by atoms with Gasteiger partial charge in [0.2, 0.25) is 5.91 Å². The fourth-order valence-corrected chi connectivity index (χ4v) is 2.05. The van der Waals surface area contributed by atoms with Gasteiger partial charge in [-0.05, 0) is 39.5 Å².